The molecular formula is C19H35NO8. The first-order valence-corrected chi connectivity index (χ1v) is 9.65. The van der Waals surface area contributed by atoms with E-state index in [0.717, 1.165) is 12.8 Å². The van der Waals surface area contributed by atoms with Gasteiger partial charge in [-0.3, -0.25) is 9.59 Å². The molecule has 3 N–H and O–H groups in total. The van der Waals surface area contributed by atoms with Crippen LogP contribution in [0.1, 0.15) is 52.9 Å². The van der Waals surface area contributed by atoms with E-state index < -0.39 is 36.2 Å². The number of unbranched alkanes of at least 4 members (excludes halogenated alkanes) is 2. The number of methoxy groups -OCH3 is 2. The zero-order valence-electron chi connectivity index (χ0n) is 17.5. The molecule has 1 aliphatic heterocycles. The maximum absolute atomic E-state index is 12.1. The van der Waals surface area contributed by atoms with Crippen LogP contribution >= 0.6 is 0 Å². The predicted octanol–water partition coefficient (Wildman–Crippen LogP) is 0.503. The van der Waals surface area contributed by atoms with Gasteiger partial charge in [-0.25, -0.2) is 0 Å². The van der Waals surface area contributed by atoms with E-state index in [0.29, 0.717) is 19.4 Å². The van der Waals surface area contributed by atoms with Gasteiger partial charge in [0.2, 0.25) is 5.91 Å². The van der Waals surface area contributed by atoms with Gasteiger partial charge in [-0.05, 0) is 33.6 Å². The minimum Gasteiger partial charge on any atom is -0.469 e. The van der Waals surface area contributed by atoms with Crippen LogP contribution in [-0.4, -0.2) is 79.2 Å². The molecule has 9 nitrogen and oxygen atoms in total. The van der Waals surface area contributed by atoms with Crippen LogP contribution in [0.5, 0.6) is 0 Å². The van der Waals surface area contributed by atoms with Crippen LogP contribution in [0.4, 0.5) is 0 Å². The molecule has 1 saturated heterocycles. The quantitative estimate of drug-likeness (QED) is 0.335. The molecule has 28 heavy (non-hydrogen) atoms. The highest BCUT2D eigenvalue weighted by Gasteiger charge is 2.45. The molecule has 1 amide bonds. The maximum atomic E-state index is 12.1. The molecular weight excluding hydrogens is 370 g/mol. The zero-order valence-corrected chi connectivity index (χ0v) is 17.5. The summed E-state index contributed by atoms with van der Waals surface area (Å²) in [6.07, 6.45) is -0.539. The van der Waals surface area contributed by atoms with E-state index in [1.807, 2.05) is 0 Å². The fraction of sp³-hybridized carbons (Fsp3) is 0.895. The zero-order chi connectivity index (χ0) is 21.3. The minimum atomic E-state index is -1.14. The van der Waals surface area contributed by atoms with Crippen molar-refractivity contribution in [3.05, 3.63) is 0 Å². The maximum Gasteiger partial charge on any atom is 0.305 e. The summed E-state index contributed by atoms with van der Waals surface area (Å²) < 4.78 is 21.5. The van der Waals surface area contributed by atoms with E-state index in [2.05, 4.69) is 10.1 Å². The van der Waals surface area contributed by atoms with Crippen LogP contribution in [0.15, 0.2) is 0 Å². The van der Waals surface area contributed by atoms with Crippen molar-refractivity contribution in [2.24, 2.45) is 0 Å². The van der Waals surface area contributed by atoms with Gasteiger partial charge in [0.05, 0.1) is 31.3 Å². The van der Waals surface area contributed by atoms with Crippen LogP contribution in [-0.2, 0) is 28.5 Å². The molecule has 0 aromatic carbocycles. The van der Waals surface area contributed by atoms with Gasteiger partial charge in [-0.1, -0.05) is 6.42 Å². The number of carbonyl (C=O) groups is 2. The summed E-state index contributed by atoms with van der Waals surface area (Å²) in [5.74, 6) is -0.613. The Morgan fingerprint density at radius 2 is 1.86 bits per heavy atom. The lowest BCUT2D eigenvalue weighted by molar-refractivity contribution is -0.277. The van der Waals surface area contributed by atoms with Crippen molar-refractivity contribution in [3.8, 4) is 0 Å². The van der Waals surface area contributed by atoms with Crippen molar-refractivity contribution in [2.45, 2.75) is 89.1 Å². The molecule has 0 bridgehead atoms. The normalized spacial score (nSPS) is 28.0. The Balaban J connectivity index is 2.49. The van der Waals surface area contributed by atoms with Crippen molar-refractivity contribution < 1.29 is 38.7 Å². The molecule has 0 saturated carbocycles. The summed E-state index contributed by atoms with van der Waals surface area (Å²) in [6, 6.07) is -0.681. The number of hydrogen-bond donors (Lipinski definition) is 3. The largest absolute Gasteiger partial charge is 0.469 e. The average molecular weight is 405 g/mol. The van der Waals surface area contributed by atoms with Gasteiger partial charge in [0.1, 0.15) is 12.2 Å². The van der Waals surface area contributed by atoms with Gasteiger partial charge in [-0.15, -0.1) is 0 Å². The number of ether oxygens (including phenoxy) is 4. The third kappa shape index (κ3) is 8.40. The average Bonchev–Trinajstić information content (AvgIpc) is 2.59. The summed E-state index contributed by atoms with van der Waals surface area (Å²) >= 11 is 0. The SMILES string of the molecule is COC(=O)CCCCCO[C@H]1O[C@H](C)[C@@H](NC(=O)CC(C)(C)O)[C@H](O)[C@H]1OC. The number of aliphatic hydroxyl groups excluding tert-OH is 1. The first-order chi connectivity index (χ1) is 13.1. The fourth-order valence-corrected chi connectivity index (χ4v) is 3.08. The summed E-state index contributed by atoms with van der Waals surface area (Å²) in [5, 5.41) is 23.1. The Hall–Kier alpha value is -1.26. The van der Waals surface area contributed by atoms with E-state index in [-0.39, 0.29) is 18.3 Å². The van der Waals surface area contributed by atoms with E-state index in [1.165, 1.54) is 28.1 Å². The van der Waals surface area contributed by atoms with Gasteiger partial charge in [0, 0.05) is 20.1 Å². The third-order valence-corrected chi connectivity index (χ3v) is 4.56. The first-order valence-electron chi connectivity index (χ1n) is 9.65. The third-order valence-electron chi connectivity index (χ3n) is 4.56. The number of carbonyl (C=O) groups excluding carboxylic acids is 2. The second kappa shape index (κ2) is 11.7. The number of esters is 1. The van der Waals surface area contributed by atoms with E-state index in [1.54, 1.807) is 6.92 Å². The lowest BCUT2D eigenvalue weighted by Crippen LogP contribution is -2.64. The van der Waals surface area contributed by atoms with Crippen molar-refractivity contribution in [3.63, 3.8) is 0 Å². The molecule has 0 aromatic rings. The Morgan fingerprint density at radius 1 is 1.18 bits per heavy atom. The van der Waals surface area contributed by atoms with Crippen molar-refractivity contribution in [1.82, 2.24) is 5.32 Å². The predicted molar refractivity (Wildman–Crippen MR) is 100 cm³/mol. The Morgan fingerprint density at radius 3 is 2.43 bits per heavy atom. The molecule has 0 spiro atoms. The smallest absolute Gasteiger partial charge is 0.305 e. The molecule has 0 radical (unpaired) electrons. The lowest BCUT2D eigenvalue weighted by Gasteiger charge is -2.43. The summed E-state index contributed by atoms with van der Waals surface area (Å²) in [5.41, 5.74) is -1.14. The van der Waals surface area contributed by atoms with Gasteiger partial charge in [-0.2, -0.15) is 0 Å². The molecule has 5 atom stereocenters. The van der Waals surface area contributed by atoms with Crippen LogP contribution in [0, 0.1) is 0 Å². The summed E-state index contributed by atoms with van der Waals surface area (Å²) in [7, 11) is 2.80. The first kappa shape index (κ1) is 24.8. The Labute approximate surface area is 166 Å². The molecule has 9 heteroatoms. The second-order valence-electron chi connectivity index (χ2n) is 7.74. The molecule has 0 aromatic heterocycles. The van der Waals surface area contributed by atoms with E-state index in [4.69, 9.17) is 14.2 Å². The Bertz CT molecular complexity index is 493. The van der Waals surface area contributed by atoms with Gasteiger partial charge in [0.25, 0.3) is 0 Å². The van der Waals surface area contributed by atoms with Crippen molar-refractivity contribution in [2.75, 3.05) is 20.8 Å². The van der Waals surface area contributed by atoms with E-state index in [9.17, 15) is 19.8 Å². The topological polar surface area (TPSA) is 124 Å². The second-order valence-corrected chi connectivity index (χ2v) is 7.74. The molecule has 1 rings (SSSR count). The molecule has 164 valence electrons. The molecule has 1 heterocycles. The van der Waals surface area contributed by atoms with Gasteiger partial charge in [0.15, 0.2) is 6.29 Å². The monoisotopic (exact) mass is 405 g/mol. The highest BCUT2D eigenvalue weighted by molar-refractivity contribution is 5.77. The molecule has 0 unspecified atom stereocenters. The van der Waals surface area contributed by atoms with Crippen LogP contribution < -0.4 is 5.32 Å². The number of rotatable bonds is 11. The number of nitrogens with one attached hydrogen (secondary N) is 1. The number of aliphatic hydroxyl groups is 2. The molecule has 1 fully saturated rings. The van der Waals surface area contributed by atoms with Gasteiger partial charge >= 0.3 is 5.97 Å². The van der Waals surface area contributed by atoms with E-state index >= 15 is 0 Å². The number of amides is 1. The van der Waals surface area contributed by atoms with Gasteiger partial charge < -0.3 is 34.5 Å². The highest BCUT2D eigenvalue weighted by atomic mass is 16.7. The summed E-state index contributed by atoms with van der Waals surface area (Å²) in [6.45, 7) is 5.20. The van der Waals surface area contributed by atoms with Crippen molar-refractivity contribution >= 4 is 11.9 Å². The van der Waals surface area contributed by atoms with Crippen LogP contribution in [0.2, 0.25) is 0 Å². The fourth-order valence-electron chi connectivity index (χ4n) is 3.08. The summed E-state index contributed by atoms with van der Waals surface area (Å²) in [4.78, 5) is 23.2. The minimum absolute atomic E-state index is 0.0912. The lowest BCUT2D eigenvalue weighted by atomic mass is 9.96. The van der Waals surface area contributed by atoms with Crippen LogP contribution in [0.25, 0.3) is 0 Å². The number of hydrogen-bond acceptors (Lipinski definition) is 8. The van der Waals surface area contributed by atoms with Crippen molar-refractivity contribution in [1.29, 1.82) is 0 Å². The highest BCUT2D eigenvalue weighted by Crippen LogP contribution is 2.24. The van der Waals surface area contributed by atoms with Crippen LogP contribution in [0.3, 0.4) is 0 Å². The standard InChI is InChI=1S/C19H35NO8/c1-12-15(20-13(21)11-19(2,3)24)16(23)17(26-5)18(28-12)27-10-8-6-7-9-14(22)25-4/h12,15-18,23-24H,6-11H2,1-5H3,(H,20,21)/t12-,15-,16+,17-,18+/m1/s1. The molecule has 0 aliphatic carbocycles. The molecule has 1 aliphatic rings. The Kier molecular flexibility index (Phi) is 10.3.